The molecule has 3 heteroatoms. The monoisotopic (exact) mass is 330 g/mol. The van der Waals surface area contributed by atoms with Crippen LogP contribution < -0.4 is 10.1 Å². The second-order valence-corrected chi connectivity index (χ2v) is 6.49. The van der Waals surface area contributed by atoms with Crippen molar-refractivity contribution in [2.24, 2.45) is 0 Å². The minimum absolute atomic E-state index is 0.136. The Kier molecular flexibility index (Phi) is 4.49. The summed E-state index contributed by atoms with van der Waals surface area (Å²) in [5.41, 5.74) is 6.11. The van der Waals surface area contributed by atoms with Gasteiger partial charge in [-0.2, -0.15) is 0 Å². The third-order valence-electron chi connectivity index (χ3n) is 4.68. The third kappa shape index (κ3) is 3.42. The van der Waals surface area contributed by atoms with Crippen LogP contribution in [0.5, 0.6) is 5.75 Å². The number of nitrogens with one attached hydrogen (secondary N) is 1. The fourth-order valence-electron chi connectivity index (χ4n) is 3.41. The first-order valence-electron chi connectivity index (χ1n) is 8.76. The molecule has 1 unspecified atom stereocenters. The molecule has 3 aromatic rings. The van der Waals surface area contributed by atoms with Gasteiger partial charge in [-0.25, -0.2) is 0 Å². The molecule has 25 heavy (non-hydrogen) atoms. The van der Waals surface area contributed by atoms with Gasteiger partial charge in [-0.05, 0) is 36.2 Å². The van der Waals surface area contributed by atoms with Crippen molar-refractivity contribution in [1.82, 2.24) is 10.3 Å². The van der Waals surface area contributed by atoms with Crippen LogP contribution in [0.1, 0.15) is 34.0 Å². The minimum atomic E-state index is 0.136. The lowest BCUT2D eigenvalue weighted by atomic mass is 9.94. The molecule has 0 aliphatic carbocycles. The van der Waals surface area contributed by atoms with Gasteiger partial charge in [0.05, 0.1) is 6.04 Å². The van der Waals surface area contributed by atoms with E-state index in [0.29, 0.717) is 6.61 Å². The third-order valence-corrected chi connectivity index (χ3v) is 4.68. The maximum absolute atomic E-state index is 6.07. The SMILES string of the molecule is Cc1ccc2c(c1)C(NCCc1ccccn1)c1ccccc1CO2. The van der Waals surface area contributed by atoms with E-state index in [1.807, 2.05) is 18.3 Å². The zero-order valence-corrected chi connectivity index (χ0v) is 14.4. The van der Waals surface area contributed by atoms with Crippen LogP contribution in [0, 0.1) is 6.92 Å². The lowest BCUT2D eigenvalue weighted by Gasteiger charge is -2.21. The number of nitrogens with zero attached hydrogens (tertiary/aromatic N) is 1. The maximum Gasteiger partial charge on any atom is 0.124 e. The predicted octanol–water partition coefficient (Wildman–Crippen LogP) is 4.20. The Bertz CT molecular complexity index is 861. The molecular weight excluding hydrogens is 308 g/mol. The fraction of sp³-hybridized carbons (Fsp3) is 0.227. The van der Waals surface area contributed by atoms with Crippen molar-refractivity contribution in [2.75, 3.05) is 6.54 Å². The summed E-state index contributed by atoms with van der Waals surface area (Å²) >= 11 is 0. The van der Waals surface area contributed by atoms with Crippen LogP contribution in [0.3, 0.4) is 0 Å². The van der Waals surface area contributed by atoms with E-state index in [1.165, 1.54) is 22.3 Å². The summed E-state index contributed by atoms with van der Waals surface area (Å²) in [5, 5.41) is 3.73. The van der Waals surface area contributed by atoms with Crippen LogP contribution in [0.25, 0.3) is 0 Å². The Morgan fingerprint density at radius 3 is 2.80 bits per heavy atom. The van der Waals surface area contributed by atoms with Gasteiger partial charge in [0.1, 0.15) is 12.4 Å². The number of rotatable bonds is 4. The maximum atomic E-state index is 6.07. The first-order valence-corrected chi connectivity index (χ1v) is 8.76. The molecule has 1 aliphatic heterocycles. The molecule has 0 spiro atoms. The lowest BCUT2D eigenvalue weighted by molar-refractivity contribution is 0.306. The lowest BCUT2D eigenvalue weighted by Crippen LogP contribution is -2.25. The van der Waals surface area contributed by atoms with Gasteiger partial charge >= 0.3 is 0 Å². The first kappa shape index (κ1) is 15.9. The molecule has 0 amide bonds. The molecular formula is C22H22N2O. The van der Waals surface area contributed by atoms with Crippen LogP contribution in [0.2, 0.25) is 0 Å². The predicted molar refractivity (Wildman–Crippen MR) is 99.7 cm³/mol. The van der Waals surface area contributed by atoms with Crippen LogP contribution >= 0.6 is 0 Å². The van der Waals surface area contributed by atoms with Crippen LogP contribution in [-0.4, -0.2) is 11.5 Å². The van der Waals surface area contributed by atoms with E-state index in [1.54, 1.807) is 0 Å². The van der Waals surface area contributed by atoms with Gasteiger partial charge in [0.25, 0.3) is 0 Å². The Labute approximate surface area is 148 Å². The highest BCUT2D eigenvalue weighted by Gasteiger charge is 2.24. The second kappa shape index (κ2) is 7.08. The molecule has 0 bridgehead atoms. The van der Waals surface area contributed by atoms with Gasteiger partial charge in [-0.15, -0.1) is 0 Å². The number of aryl methyl sites for hydroxylation is 1. The molecule has 126 valence electrons. The zero-order valence-electron chi connectivity index (χ0n) is 14.4. The molecule has 0 saturated carbocycles. The highest BCUT2D eigenvalue weighted by Crippen LogP contribution is 2.36. The van der Waals surface area contributed by atoms with E-state index in [9.17, 15) is 0 Å². The van der Waals surface area contributed by atoms with E-state index in [2.05, 4.69) is 65.8 Å². The molecule has 1 atom stereocenters. The summed E-state index contributed by atoms with van der Waals surface area (Å²) in [4.78, 5) is 4.42. The van der Waals surface area contributed by atoms with Gasteiger partial charge in [0, 0.05) is 30.4 Å². The van der Waals surface area contributed by atoms with Crippen molar-refractivity contribution in [3.63, 3.8) is 0 Å². The van der Waals surface area contributed by atoms with Crippen molar-refractivity contribution in [3.8, 4) is 5.75 Å². The van der Waals surface area contributed by atoms with Crippen molar-refractivity contribution in [2.45, 2.75) is 26.0 Å². The molecule has 1 aliphatic rings. The number of fused-ring (bicyclic) bond motifs is 2. The van der Waals surface area contributed by atoms with E-state index in [0.717, 1.165) is 24.4 Å². The van der Waals surface area contributed by atoms with Crippen molar-refractivity contribution in [3.05, 3.63) is 94.8 Å². The molecule has 2 heterocycles. The second-order valence-electron chi connectivity index (χ2n) is 6.49. The number of aromatic nitrogens is 1. The smallest absolute Gasteiger partial charge is 0.124 e. The summed E-state index contributed by atoms with van der Waals surface area (Å²) in [7, 11) is 0. The van der Waals surface area contributed by atoms with E-state index >= 15 is 0 Å². The summed E-state index contributed by atoms with van der Waals surface area (Å²) < 4.78 is 6.07. The van der Waals surface area contributed by atoms with Crippen LogP contribution in [0.15, 0.2) is 66.9 Å². The van der Waals surface area contributed by atoms with Crippen molar-refractivity contribution >= 4 is 0 Å². The molecule has 2 aromatic carbocycles. The number of hydrogen-bond acceptors (Lipinski definition) is 3. The minimum Gasteiger partial charge on any atom is -0.489 e. The average molecular weight is 330 g/mol. The first-order chi connectivity index (χ1) is 12.3. The Hall–Kier alpha value is -2.65. The molecule has 3 nitrogen and oxygen atoms in total. The highest BCUT2D eigenvalue weighted by atomic mass is 16.5. The van der Waals surface area contributed by atoms with Crippen LogP contribution in [-0.2, 0) is 13.0 Å². The molecule has 0 radical (unpaired) electrons. The molecule has 1 N–H and O–H groups in total. The standard InChI is InChI=1S/C22H22N2O/c1-16-9-10-21-20(14-16)22(19-8-3-2-6-17(19)15-25-21)24-13-11-18-7-4-5-12-23-18/h2-10,12,14,22,24H,11,13,15H2,1H3. The van der Waals surface area contributed by atoms with Crippen molar-refractivity contribution in [1.29, 1.82) is 0 Å². The molecule has 4 rings (SSSR count). The highest BCUT2D eigenvalue weighted by molar-refractivity contribution is 5.47. The van der Waals surface area contributed by atoms with E-state index in [-0.39, 0.29) is 6.04 Å². The summed E-state index contributed by atoms with van der Waals surface area (Å²) in [5.74, 6) is 0.970. The van der Waals surface area contributed by atoms with E-state index in [4.69, 9.17) is 4.74 Å². The quantitative estimate of drug-likeness (QED) is 0.778. The van der Waals surface area contributed by atoms with Gasteiger partial charge in [0.15, 0.2) is 0 Å². The fourth-order valence-corrected chi connectivity index (χ4v) is 3.41. The topological polar surface area (TPSA) is 34.2 Å². The van der Waals surface area contributed by atoms with Gasteiger partial charge in [0.2, 0.25) is 0 Å². The number of pyridine rings is 1. The average Bonchev–Trinajstić information content (AvgIpc) is 2.80. The normalized spacial score (nSPS) is 15.6. The summed E-state index contributed by atoms with van der Waals surface area (Å²) in [6, 6.07) is 21.2. The Morgan fingerprint density at radius 1 is 1.04 bits per heavy atom. The zero-order chi connectivity index (χ0) is 17.1. The number of benzene rings is 2. The Balaban J connectivity index is 1.63. The molecule has 0 saturated heterocycles. The van der Waals surface area contributed by atoms with E-state index < -0.39 is 0 Å². The molecule has 0 fully saturated rings. The van der Waals surface area contributed by atoms with Crippen LogP contribution in [0.4, 0.5) is 0 Å². The van der Waals surface area contributed by atoms with Gasteiger partial charge in [-0.3, -0.25) is 4.98 Å². The van der Waals surface area contributed by atoms with Gasteiger partial charge in [-0.1, -0.05) is 48.0 Å². The summed E-state index contributed by atoms with van der Waals surface area (Å²) in [6.07, 6.45) is 2.75. The number of ether oxygens (including phenoxy) is 1. The molecule has 1 aromatic heterocycles. The summed E-state index contributed by atoms with van der Waals surface area (Å²) in [6.45, 7) is 3.61. The Morgan fingerprint density at radius 2 is 1.92 bits per heavy atom. The van der Waals surface area contributed by atoms with Gasteiger partial charge < -0.3 is 10.1 Å². The number of hydrogen-bond donors (Lipinski definition) is 1. The largest absolute Gasteiger partial charge is 0.489 e. The van der Waals surface area contributed by atoms with Crippen molar-refractivity contribution < 1.29 is 4.74 Å².